The molecule has 0 saturated carbocycles. The van der Waals surface area contributed by atoms with E-state index in [0.717, 1.165) is 20.9 Å². The summed E-state index contributed by atoms with van der Waals surface area (Å²) >= 11 is 3.47. The van der Waals surface area contributed by atoms with Crippen molar-refractivity contribution in [3.63, 3.8) is 0 Å². The Morgan fingerprint density at radius 1 is 0.931 bits per heavy atom. The molecule has 1 aliphatic heterocycles. The smallest absolute Gasteiger partial charge is 0.256 e. The maximum Gasteiger partial charge on any atom is 0.256 e. The SMILES string of the molecule is O=C(Nc1ccccc1Br)c1cc(-c2ccc3c(c2)OCO3)nc2ccccc12. The minimum Gasteiger partial charge on any atom is -0.454 e. The zero-order chi connectivity index (χ0) is 19.8. The van der Waals surface area contributed by atoms with Crippen molar-refractivity contribution in [2.45, 2.75) is 0 Å². The molecule has 29 heavy (non-hydrogen) atoms. The van der Waals surface area contributed by atoms with Crippen molar-refractivity contribution in [3.8, 4) is 22.8 Å². The van der Waals surface area contributed by atoms with E-state index in [2.05, 4.69) is 21.2 Å². The third kappa shape index (κ3) is 3.32. The number of nitrogens with one attached hydrogen (secondary N) is 1. The molecule has 0 fully saturated rings. The molecule has 1 amide bonds. The molecule has 0 radical (unpaired) electrons. The molecule has 1 aliphatic rings. The van der Waals surface area contributed by atoms with Gasteiger partial charge in [0.05, 0.1) is 22.5 Å². The number of fused-ring (bicyclic) bond motifs is 2. The lowest BCUT2D eigenvalue weighted by Gasteiger charge is -2.12. The predicted molar refractivity (Wildman–Crippen MR) is 115 cm³/mol. The predicted octanol–water partition coefficient (Wildman–Crippen LogP) is 5.65. The van der Waals surface area contributed by atoms with Gasteiger partial charge in [0.25, 0.3) is 5.91 Å². The summed E-state index contributed by atoms with van der Waals surface area (Å²) in [7, 11) is 0. The highest BCUT2D eigenvalue weighted by molar-refractivity contribution is 9.10. The highest BCUT2D eigenvalue weighted by Gasteiger charge is 2.18. The summed E-state index contributed by atoms with van der Waals surface area (Å²) in [6, 6.07) is 22.6. The number of aromatic nitrogens is 1. The quantitative estimate of drug-likeness (QED) is 0.441. The lowest BCUT2D eigenvalue weighted by atomic mass is 10.0. The Labute approximate surface area is 175 Å². The Balaban J connectivity index is 1.61. The molecule has 0 atom stereocenters. The Hall–Kier alpha value is -3.38. The number of ether oxygens (including phenoxy) is 2. The fraction of sp³-hybridized carbons (Fsp3) is 0.0435. The summed E-state index contributed by atoms with van der Waals surface area (Å²) in [4.78, 5) is 17.9. The third-order valence-corrected chi connectivity index (χ3v) is 5.44. The van der Waals surface area contributed by atoms with Gasteiger partial charge in [0.15, 0.2) is 11.5 Å². The number of nitrogens with zero attached hydrogens (tertiary/aromatic N) is 1. The van der Waals surface area contributed by atoms with Crippen LogP contribution in [-0.4, -0.2) is 17.7 Å². The zero-order valence-electron chi connectivity index (χ0n) is 15.2. The molecule has 0 aliphatic carbocycles. The standard InChI is InChI=1S/C23H15BrN2O3/c24-17-6-2-4-8-19(17)26-23(27)16-12-20(25-18-7-3-1-5-15(16)18)14-9-10-21-22(11-14)29-13-28-21/h1-12H,13H2,(H,26,27). The van der Waals surface area contributed by atoms with Crippen LogP contribution in [0.2, 0.25) is 0 Å². The number of hydrogen-bond acceptors (Lipinski definition) is 4. The third-order valence-electron chi connectivity index (χ3n) is 4.75. The maximum atomic E-state index is 13.1. The highest BCUT2D eigenvalue weighted by Crippen LogP contribution is 2.36. The first kappa shape index (κ1) is 17.7. The highest BCUT2D eigenvalue weighted by atomic mass is 79.9. The van der Waals surface area contributed by atoms with Gasteiger partial charge >= 0.3 is 0 Å². The van der Waals surface area contributed by atoms with Gasteiger partial charge < -0.3 is 14.8 Å². The second-order valence-electron chi connectivity index (χ2n) is 6.57. The molecule has 0 saturated heterocycles. The first-order valence-corrected chi connectivity index (χ1v) is 9.84. The van der Waals surface area contributed by atoms with Gasteiger partial charge in [0.1, 0.15) is 0 Å². The van der Waals surface area contributed by atoms with Crippen LogP contribution in [0.5, 0.6) is 11.5 Å². The van der Waals surface area contributed by atoms with E-state index < -0.39 is 0 Å². The van der Waals surface area contributed by atoms with E-state index in [0.29, 0.717) is 28.4 Å². The van der Waals surface area contributed by atoms with Gasteiger partial charge in [-0.05, 0) is 58.4 Å². The van der Waals surface area contributed by atoms with Crippen molar-refractivity contribution in [2.24, 2.45) is 0 Å². The number of benzene rings is 3. The fourth-order valence-electron chi connectivity index (χ4n) is 3.32. The van der Waals surface area contributed by atoms with E-state index in [4.69, 9.17) is 14.5 Å². The number of carbonyl (C=O) groups is 1. The van der Waals surface area contributed by atoms with E-state index in [-0.39, 0.29) is 12.7 Å². The average molecular weight is 447 g/mol. The first-order valence-electron chi connectivity index (χ1n) is 9.05. The van der Waals surface area contributed by atoms with Gasteiger partial charge in [0, 0.05) is 15.4 Å². The Morgan fingerprint density at radius 3 is 2.62 bits per heavy atom. The summed E-state index contributed by atoms with van der Waals surface area (Å²) in [6.07, 6.45) is 0. The fourth-order valence-corrected chi connectivity index (χ4v) is 3.70. The summed E-state index contributed by atoms with van der Waals surface area (Å²) in [5.41, 5.74) is 3.57. The van der Waals surface area contributed by atoms with Gasteiger partial charge in [0.2, 0.25) is 6.79 Å². The summed E-state index contributed by atoms with van der Waals surface area (Å²) in [6.45, 7) is 0.212. The largest absolute Gasteiger partial charge is 0.454 e. The van der Waals surface area contributed by atoms with Gasteiger partial charge in [-0.1, -0.05) is 30.3 Å². The molecule has 5 rings (SSSR count). The summed E-state index contributed by atoms with van der Waals surface area (Å²) < 4.78 is 11.7. The molecule has 1 aromatic heterocycles. The van der Waals surface area contributed by atoms with Gasteiger partial charge in [-0.25, -0.2) is 4.98 Å². The van der Waals surface area contributed by atoms with Crippen molar-refractivity contribution >= 4 is 38.4 Å². The van der Waals surface area contributed by atoms with Gasteiger partial charge in [-0.15, -0.1) is 0 Å². The Morgan fingerprint density at radius 2 is 1.72 bits per heavy atom. The second kappa shape index (κ2) is 7.22. The normalized spacial score (nSPS) is 12.2. The minimum absolute atomic E-state index is 0.197. The molecule has 0 bridgehead atoms. The van der Waals surface area contributed by atoms with Gasteiger partial charge in [-0.2, -0.15) is 0 Å². The van der Waals surface area contributed by atoms with Crippen LogP contribution in [0.1, 0.15) is 10.4 Å². The molecular formula is C23H15BrN2O3. The van der Waals surface area contributed by atoms with Gasteiger partial charge in [-0.3, -0.25) is 4.79 Å². The van der Waals surface area contributed by atoms with Crippen molar-refractivity contribution in [1.29, 1.82) is 0 Å². The van der Waals surface area contributed by atoms with Crippen molar-refractivity contribution in [2.75, 3.05) is 12.1 Å². The number of rotatable bonds is 3. The lowest BCUT2D eigenvalue weighted by Crippen LogP contribution is -2.13. The Kier molecular flexibility index (Phi) is 4.41. The second-order valence-corrected chi connectivity index (χ2v) is 7.43. The van der Waals surface area contributed by atoms with E-state index in [1.54, 1.807) is 0 Å². The monoisotopic (exact) mass is 446 g/mol. The lowest BCUT2D eigenvalue weighted by molar-refractivity contribution is 0.102. The molecule has 5 nitrogen and oxygen atoms in total. The number of para-hydroxylation sites is 2. The van der Waals surface area contributed by atoms with E-state index in [1.807, 2.05) is 72.8 Å². The maximum absolute atomic E-state index is 13.1. The summed E-state index contributed by atoms with van der Waals surface area (Å²) in [5.74, 6) is 1.19. The number of carbonyl (C=O) groups excluding carboxylic acids is 1. The molecule has 0 spiro atoms. The number of anilines is 1. The number of pyridine rings is 1. The van der Waals surface area contributed by atoms with Crippen LogP contribution in [0.3, 0.4) is 0 Å². The molecule has 0 unspecified atom stereocenters. The molecule has 1 N–H and O–H groups in total. The molecule has 6 heteroatoms. The van der Waals surface area contributed by atoms with Crippen LogP contribution >= 0.6 is 15.9 Å². The van der Waals surface area contributed by atoms with Crippen LogP contribution in [0, 0.1) is 0 Å². The number of amides is 1. The average Bonchev–Trinajstić information content (AvgIpc) is 3.22. The van der Waals surface area contributed by atoms with Crippen LogP contribution in [0.15, 0.2) is 77.3 Å². The van der Waals surface area contributed by atoms with Crippen LogP contribution < -0.4 is 14.8 Å². The zero-order valence-corrected chi connectivity index (χ0v) is 16.8. The van der Waals surface area contributed by atoms with E-state index in [1.165, 1.54) is 0 Å². The summed E-state index contributed by atoms with van der Waals surface area (Å²) in [5, 5.41) is 3.77. The van der Waals surface area contributed by atoms with Crippen molar-refractivity contribution in [3.05, 3.63) is 82.8 Å². The van der Waals surface area contributed by atoms with Crippen molar-refractivity contribution < 1.29 is 14.3 Å². The first-order chi connectivity index (χ1) is 14.2. The van der Waals surface area contributed by atoms with Crippen LogP contribution in [0.25, 0.3) is 22.2 Å². The Bertz CT molecular complexity index is 1260. The van der Waals surface area contributed by atoms with Crippen LogP contribution in [-0.2, 0) is 0 Å². The molecule has 142 valence electrons. The topological polar surface area (TPSA) is 60.5 Å². The van der Waals surface area contributed by atoms with Crippen molar-refractivity contribution in [1.82, 2.24) is 4.98 Å². The molecule has 4 aromatic rings. The van der Waals surface area contributed by atoms with Crippen LogP contribution in [0.4, 0.5) is 5.69 Å². The van der Waals surface area contributed by atoms with E-state index >= 15 is 0 Å². The molecule has 3 aromatic carbocycles. The molecular weight excluding hydrogens is 432 g/mol. The van der Waals surface area contributed by atoms with E-state index in [9.17, 15) is 4.79 Å². The minimum atomic E-state index is -0.197. The number of halogens is 1. The molecule has 2 heterocycles. The number of hydrogen-bond donors (Lipinski definition) is 1.